The molecule has 0 heteroatoms. The first-order valence-corrected chi connectivity index (χ1v) is 5.33. The van der Waals surface area contributed by atoms with Crippen molar-refractivity contribution in [2.75, 3.05) is 0 Å². The molecular formula is C11H20. The molecular weight excluding hydrogens is 132 g/mol. The Bertz CT molecular complexity index is 139. The third-order valence-electron chi connectivity index (χ3n) is 3.93. The molecule has 2 saturated carbocycles. The minimum Gasteiger partial charge on any atom is -0.0654 e. The number of unbranched alkanes of at least 4 members (excludes halogenated alkanes) is 1. The molecule has 0 aliphatic heterocycles. The monoisotopic (exact) mass is 152 g/mol. The molecule has 0 saturated heterocycles. The Balaban J connectivity index is 1.78. The van der Waals surface area contributed by atoms with Gasteiger partial charge < -0.3 is 0 Å². The molecule has 0 aromatic heterocycles. The smallest absolute Gasteiger partial charge is 0.0354 e. The molecule has 2 aliphatic carbocycles. The minimum absolute atomic E-state index is 1.08. The number of hydrogen-bond acceptors (Lipinski definition) is 0. The van der Waals surface area contributed by atoms with E-state index < -0.39 is 0 Å². The fourth-order valence-electron chi connectivity index (χ4n) is 2.99. The van der Waals surface area contributed by atoms with E-state index in [1.807, 2.05) is 0 Å². The van der Waals surface area contributed by atoms with Gasteiger partial charge in [-0.1, -0.05) is 33.1 Å². The molecule has 0 amide bonds. The number of fused-ring (bicyclic) bond motifs is 1. The van der Waals surface area contributed by atoms with Crippen molar-refractivity contribution in [1.82, 2.24) is 0 Å². The average Bonchev–Trinajstić information content (AvgIpc) is 2.70. The lowest BCUT2D eigenvalue weighted by Gasteiger charge is -2.17. The van der Waals surface area contributed by atoms with Gasteiger partial charge in [-0.3, -0.25) is 0 Å². The maximum Gasteiger partial charge on any atom is -0.0354 e. The summed E-state index contributed by atoms with van der Waals surface area (Å²) in [5.41, 5.74) is 0. The van der Waals surface area contributed by atoms with Crippen LogP contribution >= 0.6 is 0 Å². The Morgan fingerprint density at radius 2 is 2.09 bits per heavy atom. The topological polar surface area (TPSA) is 0 Å². The first-order chi connectivity index (χ1) is 5.33. The van der Waals surface area contributed by atoms with Crippen molar-refractivity contribution in [1.29, 1.82) is 0 Å². The van der Waals surface area contributed by atoms with Crippen molar-refractivity contribution in [2.45, 2.75) is 46.0 Å². The van der Waals surface area contributed by atoms with Crippen LogP contribution in [0.5, 0.6) is 0 Å². The zero-order valence-corrected chi connectivity index (χ0v) is 7.84. The quantitative estimate of drug-likeness (QED) is 0.581. The van der Waals surface area contributed by atoms with Gasteiger partial charge in [-0.2, -0.15) is 0 Å². The molecule has 64 valence electrons. The Morgan fingerprint density at radius 3 is 2.64 bits per heavy atom. The molecule has 2 rings (SSSR count). The van der Waals surface area contributed by atoms with E-state index >= 15 is 0 Å². The van der Waals surface area contributed by atoms with Gasteiger partial charge in [0.15, 0.2) is 0 Å². The van der Waals surface area contributed by atoms with E-state index in [2.05, 4.69) is 13.8 Å². The second-order valence-electron chi connectivity index (χ2n) is 4.66. The highest BCUT2D eigenvalue weighted by Gasteiger charge is 2.50. The van der Waals surface area contributed by atoms with Crippen molar-refractivity contribution in [3.63, 3.8) is 0 Å². The summed E-state index contributed by atoms with van der Waals surface area (Å²) in [7, 11) is 0. The molecule has 2 fully saturated rings. The van der Waals surface area contributed by atoms with Crippen molar-refractivity contribution in [3.05, 3.63) is 0 Å². The Labute approximate surface area is 70.4 Å². The molecule has 0 bridgehead atoms. The molecule has 0 heterocycles. The summed E-state index contributed by atoms with van der Waals surface area (Å²) in [5.74, 6) is 4.52. The van der Waals surface area contributed by atoms with E-state index in [-0.39, 0.29) is 0 Å². The first-order valence-electron chi connectivity index (χ1n) is 5.33. The second-order valence-corrected chi connectivity index (χ2v) is 4.66. The molecule has 0 aromatic rings. The lowest BCUT2D eigenvalue weighted by Crippen LogP contribution is -2.07. The maximum atomic E-state index is 2.48. The lowest BCUT2D eigenvalue weighted by atomic mass is 9.88. The van der Waals surface area contributed by atoms with Crippen LogP contribution in [0.1, 0.15) is 46.0 Å². The van der Waals surface area contributed by atoms with E-state index in [1.165, 1.54) is 25.2 Å². The van der Waals surface area contributed by atoms with Crippen LogP contribution < -0.4 is 0 Å². The molecule has 0 radical (unpaired) electrons. The molecule has 0 nitrogen and oxygen atoms in total. The fraction of sp³-hybridized carbons (Fsp3) is 1.00. The van der Waals surface area contributed by atoms with Gasteiger partial charge >= 0.3 is 0 Å². The van der Waals surface area contributed by atoms with Crippen LogP contribution in [0.3, 0.4) is 0 Å². The van der Waals surface area contributed by atoms with Crippen molar-refractivity contribution in [3.8, 4) is 0 Å². The summed E-state index contributed by atoms with van der Waals surface area (Å²) in [4.78, 5) is 0. The summed E-state index contributed by atoms with van der Waals surface area (Å²) in [6.45, 7) is 4.79. The van der Waals surface area contributed by atoms with Crippen LogP contribution in [0.2, 0.25) is 0 Å². The fourth-order valence-corrected chi connectivity index (χ4v) is 2.99. The van der Waals surface area contributed by atoms with Crippen LogP contribution in [0, 0.1) is 23.7 Å². The van der Waals surface area contributed by atoms with Crippen LogP contribution in [0.25, 0.3) is 0 Å². The molecule has 0 aromatic carbocycles. The average molecular weight is 152 g/mol. The molecule has 11 heavy (non-hydrogen) atoms. The Hall–Kier alpha value is 0. The van der Waals surface area contributed by atoms with E-state index in [9.17, 15) is 0 Å². The molecule has 4 atom stereocenters. The molecule has 2 aliphatic rings. The van der Waals surface area contributed by atoms with Crippen LogP contribution in [-0.2, 0) is 0 Å². The van der Waals surface area contributed by atoms with Gasteiger partial charge in [-0.25, -0.2) is 0 Å². The van der Waals surface area contributed by atoms with Gasteiger partial charge in [-0.15, -0.1) is 0 Å². The van der Waals surface area contributed by atoms with Gasteiger partial charge in [0, 0.05) is 0 Å². The molecule has 4 unspecified atom stereocenters. The summed E-state index contributed by atoms with van der Waals surface area (Å²) in [6.07, 6.45) is 7.52. The third kappa shape index (κ3) is 1.32. The van der Waals surface area contributed by atoms with E-state index in [0.717, 1.165) is 17.8 Å². The highest BCUT2D eigenvalue weighted by molar-refractivity contribution is 4.99. The van der Waals surface area contributed by atoms with Crippen molar-refractivity contribution >= 4 is 0 Å². The summed E-state index contributed by atoms with van der Waals surface area (Å²) in [6, 6.07) is 0. The summed E-state index contributed by atoms with van der Waals surface area (Å²) >= 11 is 0. The zero-order chi connectivity index (χ0) is 7.84. The first kappa shape index (κ1) is 7.64. The third-order valence-corrected chi connectivity index (χ3v) is 3.93. The highest BCUT2D eigenvalue weighted by Crippen LogP contribution is 2.58. The van der Waals surface area contributed by atoms with Gasteiger partial charge in [0.1, 0.15) is 0 Å². The van der Waals surface area contributed by atoms with Gasteiger partial charge in [0.05, 0.1) is 0 Å². The summed E-state index contributed by atoms with van der Waals surface area (Å²) in [5, 5.41) is 0. The van der Waals surface area contributed by atoms with Gasteiger partial charge in [0.25, 0.3) is 0 Å². The highest BCUT2D eigenvalue weighted by atomic mass is 14.5. The number of hydrogen-bond donors (Lipinski definition) is 0. The van der Waals surface area contributed by atoms with Crippen LogP contribution in [0.15, 0.2) is 0 Å². The molecule has 0 spiro atoms. The second kappa shape index (κ2) is 2.80. The predicted molar refractivity (Wildman–Crippen MR) is 48.4 cm³/mol. The largest absolute Gasteiger partial charge is 0.0654 e. The van der Waals surface area contributed by atoms with Crippen LogP contribution in [-0.4, -0.2) is 0 Å². The summed E-state index contributed by atoms with van der Waals surface area (Å²) < 4.78 is 0. The van der Waals surface area contributed by atoms with Gasteiger partial charge in [0.2, 0.25) is 0 Å². The SMILES string of the molecule is CCCCC1CC2CC2C1C. The predicted octanol–water partition coefficient (Wildman–Crippen LogP) is 3.47. The standard InChI is InChI=1S/C11H20/c1-3-4-5-9-6-10-7-11(10)8(9)2/h8-11H,3-7H2,1-2H3. The zero-order valence-electron chi connectivity index (χ0n) is 7.84. The maximum absolute atomic E-state index is 2.48. The van der Waals surface area contributed by atoms with Gasteiger partial charge in [-0.05, 0) is 36.5 Å². The lowest BCUT2D eigenvalue weighted by molar-refractivity contribution is 0.333. The van der Waals surface area contributed by atoms with Crippen molar-refractivity contribution in [2.24, 2.45) is 23.7 Å². The molecule has 0 N–H and O–H groups in total. The number of rotatable bonds is 3. The van der Waals surface area contributed by atoms with E-state index in [4.69, 9.17) is 0 Å². The Morgan fingerprint density at radius 1 is 1.27 bits per heavy atom. The minimum atomic E-state index is 1.08. The van der Waals surface area contributed by atoms with E-state index in [1.54, 1.807) is 12.8 Å². The van der Waals surface area contributed by atoms with Crippen molar-refractivity contribution < 1.29 is 0 Å². The normalized spacial score (nSPS) is 47.5. The van der Waals surface area contributed by atoms with E-state index in [0.29, 0.717) is 0 Å². The Kier molecular flexibility index (Phi) is 1.95. The van der Waals surface area contributed by atoms with Crippen LogP contribution in [0.4, 0.5) is 0 Å².